The molecule has 29 heavy (non-hydrogen) atoms. The van der Waals surface area contributed by atoms with Gasteiger partial charge in [0.15, 0.2) is 23.0 Å². The molecule has 2 aromatic carbocycles. The summed E-state index contributed by atoms with van der Waals surface area (Å²) in [6, 6.07) is 8.16. The lowest BCUT2D eigenvalue weighted by atomic mass is 10.2. The molecule has 2 N–H and O–H groups in total. The van der Waals surface area contributed by atoms with Crippen LogP contribution in [0.3, 0.4) is 0 Å². The molecular weight excluding hydrogens is 440 g/mol. The van der Waals surface area contributed by atoms with Crippen LogP contribution in [0.1, 0.15) is 29.8 Å². The van der Waals surface area contributed by atoms with Gasteiger partial charge >= 0.3 is 0 Å². The van der Waals surface area contributed by atoms with Crippen molar-refractivity contribution in [2.75, 3.05) is 19.8 Å². The number of hydrogen-bond acceptors (Lipinski definition) is 6. The van der Waals surface area contributed by atoms with E-state index < -0.39 is 5.91 Å². The molecule has 2 aromatic rings. The first-order chi connectivity index (χ1) is 14.0. The van der Waals surface area contributed by atoms with Gasteiger partial charge in [-0.25, -0.2) is 5.43 Å². The number of nitrogens with zero attached hydrogens (tertiary/aromatic N) is 1. The fourth-order valence-corrected chi connectivity index (χ4v) is 2.81. The molecule has 0 saturated carbocycles. The number of phenols is 1. The first kappa shape index (κ1) is 22.3. The van der Waals surface area contributed by atoms with Gasteiger partial charge in [-0.2, -0.15) is 5.10 Å². The molecule has 154 valence electrons. The Morgan fingerprint density at radius 1 is 1.14 bits per heavy atom. The lowest BCUT2D eigenvalue weighted by Crippen LogP contribution is -2.17. The van der Waals surface area contributed by atoms with E-state index in [0.29, 0.717) is 52.7 Å². The third kappa shape index (κ3) is 6.25. The number of hydrogen-bond donors (Lipinski definition) is 2. The molecule has 0 spiro atoms. The zero-order chi connectivity index (χ0) is 21.2. The zero-order valence-corrected chi connectivity index (χ0v) is 17.9. The van der Waals surface area contributed by atoms with Gasteiger partial charge in [0.25, 0.3) is 5.91 Å². The lowest BCUT2D eigenvalue weighted by molar-refractivity contribution is 0.0954. The molecule has 7 nitrogen and oxygen atoms in total. The summed E-state index contributed by atoms with van der Waals surface area (Å²) < 4.78 is 16.9. The van der Waals surface area contributed by atoms with E-state index in [-0.39, 0.29) is 5.75 Å². The highest BCUT2D eigenvalue weighted by Crippen LogP contribution is 2.35. The number of rotatable bonds is 10. The fourth-order valence-electron chi connectivity index (χ4n) is 2.35. The van der Waals surface area contributed by atoms with E-state index in [2.05, 4.69) is 33.0 Å². The molecule has 0 aromatic heterocycles. The molecule has 0 aliphatic heterocycles. The SMILES string of the molecule is C=CCOc1ccc(C(=O)N/N=C/c2cc(Br)c(O)c(OCC)c2)cc1OCC. The van der Waals surface area contributed by atoms with Crippen LogP contribution in [0.5, 0.6) is 23.0 Å². The van der Waals surface area contributed by atoms with Crippen molar-refractivity contribution in [2.24, 2.45) is 5.10 Å². The second kappa shape index (κ2) is 11.1. The molecule has 0 heterocycles. The molecule has 2 rings (SSSR count). The Labute approximate surface area is 178 Å². The summed E-state index contributed by atoms with van der Waals surface area (Å²) in [6.45, 7) is 8.46. The van der Waals surface area contributed by atoms with Gasteiger partial charge in [-0.15, -0.1) is 0 Å². The molecule has 8 heteroatoms. The molecule has 0 fully saturated rings. The van der Waals surface area contributed by atoms with E-state index in [4.69, 9.17) is 14.2 Å². The summed E-state index contributed by atoms with van der Waals surface area (Å²) >= 11 is 3.26. The van der Waals surface area contributed by atoms with E-state index in [0.717, 1.165) is 0 Å². The standard InChI is InChI=1S/C21H23BrN2O5/c1-4-9-29-17-8-7-15(12-18(17)27-5-2)21(26)24-23-13-14-10-16(22)20(25)19(11-14)28-6-3/h4,7-8,10-13,25H,1,5-6,9H2,2-3H3,(H,24,26)/b23-13+. The number of hydrazone groups is 1. The van der Waals surface area contributed by atoms with E-state index in [9.17, 15) is 9.90 Å². The van der Waals surface area contributed by atoms with E-state index in [1.807, 2.05) is 13.8 Å². The van der Waals surface area contributed by atoms with Gasteiger partial charge in [-0.1, -0.05) is 12.7 Å². The number of ether oxygens (including phenoxy) is 3. The van der Waals surface area contributed by atoms with Crippen molar-refractivity contribution in [2.45, 2.75) is 13.8 Å². The lowest BCUT2D eigenvalue weighted by Gasteiger charge is -2.12. The highest BCUT2D eigenvalue weighted by Gasteiger charge is 2.12. The zero-order valence-electron chi connectivity index (χ0n) is 16.3. The monoisotopic (exact) mass is 462 g/mol. The largest absolute Gasteiger partial charge is 0.503 e. The van der Waals surface area contributed by atoms with Crippen molar-refractivity contribution in [3.63, 3.8) is 0 Å². The summed E-state index contributed by atoms with van der Waals surface area (Å²) in [7, 11) is 0. The Morgan fingerprint density at radius 3 is 2.55 bits per heavy atom. The number of phenolic OH excluding ortho intramolecular Hbond substituents is 1. The van der Waals surface area contributed by atoms with Gasteiger partial charge in [0.05, 0.1) is 23.9 Å². The van der Waals surface area contributed by atoms with Gasteiger partial charge in [0, 0.05) is 5.56 Å². The molecule has 0 saturated heterocycles. The highest BCUT2D eigenvalue weighted by atomic mass is 79.9. The van der Waals surface area contributed by atoms with E-state index in [1.165, 1.54) is 6.21 Å². The average molecular weight is 463 g/mol. The predicted molar refractivity (Wildman–Crippen MR) is 115 cm³/mol. The van der Waals surface area contributed by atoms with Crippen LogP contribution < -0.4 is 19.6 Å². The second-order valence-electron chi connectivity index (χ2n) is 5.68. The minimum Gasteiger partial charge on any atom is -0.503 e. The van der Waals surface area contributed by atoms with Crippen LogP contribution in [0.2, 0.25) is 0 Å². The van der Waals surface area contributed by atoms with Crippen LogP contribution in [0, 0.1) is 0 Å². The Hall–Kier alpha value is -3.00. The molecule has 0 radical (unpaired) electrons. The van der Waals surface area contributed by atoms with Crippen LogP contribution in [-0.2, 0) is 0 Å². The summed E-state index contributed by atoms with van der Waals surface area (Å²) in [5.74, 6) is 0.931. The maximum Gasteiger partial charge on any atom is 0.271 e. The van der Waals surface area contributed by atoms with Gasteiger partial charge in [0.2, 0.25) is 0 Å². The predicted octanol–water partition coefficient (Wildman–Crippen LogP) is 4.28. The first-order valence-electron chi connectivity index (χ1n) is 8.99. The van der Waals surface area contributed by atoms with E-state index in [1.54, 1.807) is 36.4 Å². The second-order valence-corrected chi connectivity index (χ2v) is 6.53. The third-order valence-electron chi connectivity index (χ3n) is 3.59. The summed E-state index contributed by atoms with van der Waals surface area (Å²) in [6.07, 6.45) is 3.08. The Kier molecular flexibility index (Phi) is 8.54. The third-order valence-corrected chi connectivity index (χ3v) is 4.20. The van der Waals surface area contributed by atoms with Gasteiger partial charge in [0.1, 0.15) is 6.61 Å². The topological polar surface area (TPSA) is 89.4 Å². The quantitative estimate of drug-likeness (QED) is 0.312. The molecule has 1 amide bonds. The molecule has 0 aliphatic carbocycles. The maximum absolute atomic E-state index is 12.4. The van der Waals surface area contributed by atoms with Crippen LogP contribution >= 0.6 is 15.9 Å². The van der Waals surface area contributed by atoms with Crippen molar-refractivity contribution < 1.29 is 24.1 Å². The fraction of sp³-hybridized carbons (Fsp3) is 0.238. The van der Waals surface area contributed by atoms with Crippen molar-refractivity contribution in [1.29, 1.82) is 0 Å². The summed E-state index contributed by atoms with van der Waals surface area (Å²) in [5.41, 5.74) is 3.48. The molecular formula is C21H23BrN2O5. The van der Waals surface area contributed by atoms with Crippen molar-refractivity contribution >= 4 is 28.1 Å². The van der Waals surface area contributed by atoms with Gasteiger partial charge in [-0.3, -0.25) is 4.79 Å². The molecule has 0 unspecified atom stereocenters. The average Bonchev–Trinajstić information content (AvgIpc) is 2.71. The number of nitrogens with one attached hydrogen (secondary N) is 1. The molecule has 0 atom stereocenters. The smallest absolute Gasteiger partial charge is 0.271 e. The Balaban J connectivity index is 2.12. The molecule has 0 aliphatic rings. The Bertz CT molecular complexity index is 899. The van der Waals surface area contributed by atoms with Gasteiger partial charge < -0.3 is 19.3 Å². The van der Waals surface area contributed by atoms with Crippen molar-refractivity contribution in [3.05, 3.63) is 58.6 Å². The Morgan fingerprint density at radius 2 is 1.86 bits per heavy atom. The number of aromatic hydroxyl groups is 1. The number of carbonyl (C=O) groups excluding carboxylic acids is 1. The van der Waals surface area contributed by atoms with Crippen LogP contribution in [0.4, 0.5) is 0 Å². The van der Waals surface area contributed by atoms with Gasteiger partial charge in [-0.05, 0) is 65.7 Å². The number of halogens is 1. The number of amides is 1. The number of carbonyl (C=O) groups is 1. The first-order valence-corrected chi connectivity index (χ1v) is 9.78. The maximum atomic E-state index is 12.4. The highest BCUT2D eigenvalue weighted by molar-refractivity contribution is 9.10. The van der Waals surface area contributed by atoms with Crippen LogP contribution in [0.25, 0.3) is 0 Å². The van der Waals surface area contributed by atoms with E-state index >= 15 is 0 Å². The normalized spacial score (nSPS) is 10.6. The summed E-state index contributed by atoms with van der Waals surface area (Å²) in [5, 5.41) is 13.9. The molecule has 0 bridgehead atoms. The van der Waals surface area contributed by atoms with Crippen LogP contribution in [0.15, 0.2) is 52.6 Å². The number of benzene rings is 2. The van der Waals surface area contributed by atoms with Crippen molar-refractivity contribution in [1.82, 2.24) is 5.43 Å². The minimum atomic E-state index is -0.402. The minimum absolute atomic E-state index is 0.00949. The van der Waals surface area contributed by atoms with Crippen molar-refractivity contribution in [3.8, 4) is 23.0 Å². The van der Waals surface area contributed by atoms with Crippen LogP contribution in [-0.4, -0.2) is 37.0 Å². The summed E-state index contributed by atoms with van der Waals surface area (Å²) in [4.78, 5) is 12.4.